The lowest BCUT2D eigenvalue weighted by atomic mass is 10.1. The molecule has 1 N–H and O–H groups in total. The van der Waals surface area contributed by atoms with Crippen LogP contribution in [0.5, 0.6) is 0 Å². The van der Waals surface area contributed by atoms with Crippen LogP contribution in [0, 0.1) is 6.92 Å². The van der Waals surface area contributed by atoms with Crippen LogP contribution in [0.15, 0.2) is 59.5 Å². The first-order chi connectivity index (χ1) is 14.6. The van der Waals surface area contributed by atoms with Crippen molar-refractivity contribution in [2.45, 2.75) is 69.5 Å². The number of hydrogen-bond acceptors (Lipinski definition) is 3. The van der Waals surface area contributed by atoms with E-state index in [1.165, 1.54) is 30.2 Å². The summed E-state index contributed by atoms with van der Waals surface area (Å²) in [6.45, 7) is 4.48. The molecule has 4 nitrogen and oxygen atoms in total. The molecule has 0 aliphatic heterocycles. The monoisotopic (exact) mass is 424 g/mol. The number of rotatable bonds is 9. The molecular formula is C25H32N2O2S. The molecule has 0 bridgehead atoms. The van der Waals surface area contributed by atoms with E-state index < -0.39 is 6.04 Å². The Labute approximate surface area is 184 Å². The minimum Gasteiger partial charge on any atom is -0.352 e. The first-order valence-corrected chi connectivity index (χ1v) is 11.9. The van der Waals surface area contributed by atoms with Gasteiger partial charge in [0.2, 0.25) is 11.8 Å². The summed E-state index contributed by atoms with van der Waals surface area (Å²) < 4.78 is 0. The number of nitrogens with zero attached hydrogens (tertiary/aromatic N) is 1. The van der Waals surface area contributed by atoms with Crippen molar-refractivity contribution < 1.29 is 9.59 Å². The molecule has 1 aliphatic carbocycles. The minimum absolute atomic E-state index is 0.00199. The maximum absolute atomic E-state index is 13.3. The number of amides is 2. The molecule has 1 aliphatic rings. The normalized spacial score (nSPS) is 15.0. The average Bonchev–Trinajstić information content (AvgIpc) is 3.26. The van der Waals surface area contributed by atoms with Gasteiger partial charge in [-0.15, -0.1) is 11.8 Å². The molecule has 5 heteroatoms. The van der Waals surface area contributed by atoms with Gasteiger partial charge in [-0.25, -0.2) is 0 Å². The number of hydrogen-bond donors (Lipinski definition) is 1. The Kier molecular flexibility index (Phi) is 8.38. The van der Waals surface area contributed by atoms with E-state index in [0.717, 1.165) is 23.3 Å². The van der Waals surface area contributed by atoms with E-state index in [4.69, 9.17) is 0 Å². The molecule has 0 unspecified atom stereocenters. The summed E-state index contributed by atoms with van der Waals surface area (Å²) in [5.74, 6) is 0.301. The highest BCUT2D eigenvalue weighted by molar-refractivity contribution is 8.00. The van der Waals surface area contributed by atoms with Crippen LogP contribution < -0.4 is 5.32 Å². The van der Waals surface area contributed by atoms with Gasteiger partial charge in [-0.05, 0) is 43.9 Å². The Morgan fingerprint density at radius 3 is 2.37 bits per heavy atom. The van der Waals surface area contributed by atoms with Gasteiger partial charge in [0.05, 0.1) is 5.75 Å². The molecule has 2 amide bonds. The summed E-state index contributed by atoms with van der Waals surface area (Å²) >= 11 is 1.53. The van der Waals surface area contributed by atoms with Crippen LogP contribution >= 0.6 is 11.8 Å². The number of carbonyl (C=O) groups is 2. The van der Waals surface area contributed by atoms with Gasteiger partial charge in [-0.2, -0.15) is 0 Å². The molecular weight excluding hydrogens is 392 g/mol. The van der Waals surface area contributed by atoms with Crippen LogP contribution in [-0.4, -0.2) is 34.6 Å². The summed E-state index contributed by atoms with van der Waals surface area (Å²) in [5, 5.41) is 3.19. The topological polar surface area (TPSA) is 49.4 Å². The van der Waals surface area contributed by atoms with Gasteiger partial charge >= 0.3 is 0 Å². The smallest absolute Gasteiger partial charge is 0.243 e. The van der Waals surface area contributed by atoms with E-state index in [-0.39, 0.29) is 17.9 Å². The molecule has 0 aromatic heterocycles. The molecule has 1 fully saturated rings. The van der Waals surface area contributed by atoms with Gasteiger partial charge in [0, 0.05) is 17.5 Å². The Morgan fingerprint density at radius 2 is 1.73 bits per heavy atom. The molecule has 0 radical (unpaired) electrons. The molecule has 0 spiro atoms. The summed E-state index contributed by atoms with van der Waals surface area (Å²) in [7, 11) is 0. The van der Waals surface area contributed by atoms with E-state index in [9.17, 15) is 9.59 Å². The van der Waals surface area contributed by atoms with E-state index >= 15 is 0 Å². The van der Waals surface area contributed by atoms with E-state index in [1.807, 2.05) is 49.4 Å². The van der Waals surface area contributed by atoms with Gasteiger partial charge < -0.3 is 10.2 Å². The zero-order valence-electron chi connectivity index (χ0n) is 18.0. The Hall–Kier alpha value is -2.27. The molecule has 2 aromatic carbocycles. The highest BCUT2D eigenvalue weighted by atomic mass is 32.2. The molecule has 0 saturated heterocycles. The van der Waals surface area contributed by atoms with E-state index in [2.05, 4.69) is 24.4 Å². The lowest BCUT2D eigenvalue weighted by Gasteiger charge is -2.31. The average molecular weight is 425 g/mol. The minimum atomic E-state index is -0.447. The third-order valence-electron chi connectivity index (χ3n) is 5.67. The third-order valence-corrected chi connectivity index (χ3v) is 6.66. The van der Waals surface area contributed by atoms with Gasteiger partial charge in [-0.3, -0.25) is 9.59 Å². The summed E-state index contributed by atoms with van der Waals surface area (Å²) in [5.41, 5.74) is 2.24. The Bertz CT molecular complexity index is 817. The fourth-order valence-corrected chi connectivity index (χ4v) is 4.71. The van der Waals surface area contributed by atoms with Gasteiger partial charge in [0.1, 0.15) is 6.04 Å². The Balaban J connectivity index is 1.72. The van der Waals surface area contributed by atoms with Crippen molar-refractivity contribution in [2.24, 2.45) is 0 Å². The summed E-state index contributed by atoms with van der Waals surface area (Å²) in [4.78, 5) is 29.2. The molecule has 30 heavy (non-hydrogen) atoms. The quantitative estimate of drug-likeness (QED) is 0.579. The van der Waals surface area contributed by atoms with Crippen molar-refractivity contribution in [3.8, 4) is 0 Å². The highest BCUT2D eigenvalue weighted by Gasteiger charge is 2.30. The number of nitrogens with one attached hydrogen (secondary N) is 1. The maximum atomic E-state index is 13.3. The Morgan fingerprint density at radius 1 is 1.07 bits per heavy atom. The molecule has 3 rings (SSSR count). The number of thioether (sulfide) groups is 1. The second-order valence-electron chi connectivity index (χ2n) is 8.02. The third kappa shape index (κ3) is 6.36. The van der Waals surface area contributed by atoms with Crippen molar-refractivity contribution in [2.75, 3.05) is 5.75 Å². The molecule has 0 heterocycles. The first-order valence-electron chi connectivity index (χ1n) is 10.9. The van der Waals surface area contributed by atoms with Gasteiger partial charge in [0.15, 0.2) is 0 Å². The van der Waals surface area contributed by atoms with Crippen LogP contribution in [0.2, 0.25) is 0 Å². The van der Waals surface area contributed by atoms with Crippen LogP contribution in [0.4, 0.5) is 0 Å². The lowest BCUT2D eigenvalue weighted by Crippen LogP contribution is -2.51. The zero-order valence-corrected chi connectivity index (χ0v) is 18.8. The zero-order chi connectivity index (χ0) is 21.3. The SMILES string of the molecule is CC[C@H](C(=O)NC1CCCC1)N(Cc1ccccc1)C(=O)CSc1ccc(C)cc1. The van der Waals surface area contributed by atoms with Crippen molar-refractivity contribution >= 4 is 23.6 Å². The van der Waals surface area contributed by atoms with Crippen LogP contribution in [0.25, 0.3) is 0 Å². The van der Waals surface area contributed by atoms with E-state index in [0.29, 0.717) is 18.7 Å². The second kappa shape index (κ2) is 11.2. The fraction of sp³-hybridized carbons (Fsp3) is 0.440. The largest absolute Gasteiger partial charge is 0.352 e. The molecule has 2 aromatic rings. The van der Waals surface area contributed by atoms with Crippen LogP contribution in [-0.2, 0) is 16.1 Å². The molecule has 160 valence electrons. The predicted octanol–water partition coefficient (Wildman–Crippen LogP) is 4.95. The number of carbonyl (C=O) groups excluding carboxylic acids is 2. The number of aryl methyl sites for hydroxylation is 1. The summed E-state index contributed by atoms with van der Waals surface area (Å²) in [6, 6.07) is 17.9. The van der Waals surface area contributed by atoms with Crippen molar-refractivity contribution in [1.82, 2.24) is 10.2 Å². The molecule has 1 saturated carbocycles. The van der Waals surface area contributed by atoms with Crippen molar-refractivity contribution in [1.29, 1.82) is 0 Å². The standard InChI is InChI=1S/C25H32N2O2S/c1-3-23(25(29)26-21-11-7-8-12-21)27(17-20-9-5-4-6-10-20)24(28)18-30-22-15-13-19(2)14-16-22/h4-6,9-10,13-16,21,23H,3,7-8,11-12,17-18H2,1-2H3,(H,26,29)/t23-/m1/s1. The van der Waals surface area contributed by atoms with Crippen LogP contribution in [0.3, 0.4) is 0 Å². The van der Waals surface area contributed by atoms with Crippen LogP contribution in [0.1, 0.15) is 50.2 Å². The first kappa shape index (κ1) is 22.4. The highest BCUT2D eigenvalue weighted by Crippen LogP contribution is 2.22. The number of benzene rings is 2. The van der Waals surface area contributed by atoms with E-state index in [1.54, 1.807) is 4.90 Å². The van der Waals surface area contributed by atoms with Gasteiger partial charge in [-0.1, -0.05) is 67.8 Å². The second-order valence-corrected chi connectivity index (χ2v) is 9.07. The van der Waals surface area contributed by atoms with Crippen molar-refractivity contribution in [3.05, 3.63) is 65.7 Å². The predicted molar refractivity (Wildman–Crippen MR) is 123 cm³/mol. The lowest BCUT2D eigenvalue weighted by molar-refractivity contribution is -0.139. The van der Waals surface area contributed by atoms with Crippen molar-refractivity contribution in [3.63, 3.8) is 0 Å². The fourth-order valence-electron chi connectivity index (χ4n) is 3.93. The summed E-state index contributed by atoms with van der Waals surface area (Å²) in [6.07, 6.45) is 5.02. The van der Waals surface area contributed by atoms with Gasteiger partial charge in [0.25, 0.3) is 0 Å². The maximum Gasteiger partial charge on any atom is 0.243 e. The molecule has 1 atom stereocenters.